The van der Waals surface area contributed by atoms with Crippen LogP contribution in [0.15, 0.2) is 47.8 Å². The molecule has 0 fully saturated rings. The summed E-state index contributed by atoms with van der Waals surface area (Å²) in [5.74, 6) is 0. The molecule has 2 heterocycles. The van der Waals surface area contributed by atoms with Crippen LogP contribution in [0.4, 0.5) is 0 Å². The lowest BCUT2D eigenvalue weighted by Gasteiger charge is -1.92. The van der Waals surface area contributed by atoms with Gasteiger partial charge in [-0.2, -0.15) is 4.57 Å². The molecule has 0 radical (unpaired) electrons. The lowest BCUT2D eigenvalue weighted by Crippen LogP contribution is -2.33. The Balaban J connectivity index is 2.14. The zero-order valence-electron chi connectivity index (χ0n) is 6.05. The first kappa shape index (κ1) is 6.22. The van der Waals surface area contributed by atoms with Crippen LogP contribution in [-0.2, 0) is 6.67 Å². The zero-order chi connectivity index (χ0) is 7.52. The highest BCUT2D eigenvalue weighted by atomic mass is 16.3. The number of oxazole rings is 1. The summed E-state index contributed by atoms with van der Waals surface area (Å²) >= 11 is 0. The van der Waals surface area contributed by atoms with E-state index in [0.717, 1.165) is 6.67 Å². The van der Waals surface area contributed by atoms with Crippen molar-refractivity contribution in [2.24, 2.45) is 0 Å². The monoisotopic (exact) mass is 149 g/mol. The lowest BCUT2D eigenvalue weighted by molar-refractivity contribution is -0.704. The van der Waals surface area contributed by atoms with Gasteiger partial charge in [-0.15, -0.1) is 0 Å². The topological polar surface area (TPSA) is 21.9 Å². The van der Waals surface area contributed by atoms with Crippen molar-refractivity contribution in [1.82, 2.24) is 4.57 Å². The maximum Gasteiger partial charge on any atom is 0.335 e. The summed E-state index contributed by atoms with van der Waals surface area (Å²) < 4.78 is 8.94. The largest absolute Gasteiger partial charge is 0.412 e. The van der Waals surface area contributed by atoms with Crippen molar-refractivity contribution in [3.05, 3.63) is 43.4 Å². The molecule has 0 aromatic carbocycles. The summed E-state index contributed by atoms with van der Waals surface area (Å²) in [6.07, 6.45) is 9.25. The molecule has 0 aliphatic carbocycles. The maximum atomic E-state index is 4.91. The van der Waals surface area contributed by atoms with Crippen LogP contribution in [0.1, 0.15) is 0 Å². The van der Waals surface area contributed by atoms with E-state index in [9.17, 15) is 0 Å². The highest BCUT2D eigenvalue weighted by molar-refractivity contribution is 4.89. The van der Waals surface area contributed by atoms with E-state index in [1.807, 2.05) is 35.3 Å². The Labute approximate surface area is 64.5 Å². The molecule has 0 N–H and O–H groups in total. The molecule has 0 unspecified atom stereocenters. The average Bonchev–Trinajstić information content (AvgIpc) is 2.60. The summed E-state index contributed by atoms with van der Waals surface area (Å²) in [7, 11) is 0. The fourth-order valence-corrected chi connectivity index (χ4v) is 0.995. The molecule has 2 rings (SSSR count). The molecule has 56 valence electrons. The second-order valence-corrected chi connectivity index (χ2v) is 2.38. The Morgan fingerprint density at radius 3 is 2.73 bits per heavy atom. The molecule has 3 nitrogen and oxygen atoms in total. The second-order valence-electron chi connectivity index (χ2n) is 2.38. The van der Waals surface area contributed by atoms with Gasteiger partial charge in [-0.1, -0.05) is 0 Å². The van der Waals surface area contributed by atoms with Crippen LogP contribution in [0.2, 0.25) is 0 Å². The molecule has 0 bridgehead atoms. The first-order valence-corrected chi connectivity index (χ1v) is 3.47. The van der Waals surface area contributed by atoms with E-state index in [4.69, 9.17) is 4.42 Å². The lowest BCUT2D eigenvalue weighted by atomic mass is 10.7. The maximum absolute atomic E-state index is 4.91. The molecule has 2 aromatic heterocycles. The molecule has 3 heteroatoms. The summed E-state index contributed by atoms with van der Waals surface area (Å²) in [6, 6.07) is 4.00. The molecule has 0 atom stereocenters. The fraction of sp³-hybridized carbons (Fsp3) is 0.125. The third-order valence-electron chi connectivity index (χ3n) is 1.52. The Bertz CT molecular complexity index is 264. The SMILES string of the molecule is c1ccn(C[n+]2ccoc2)c1. The van der Waals surface area contributed by atoms with Gasteiger partial charge >= 0.3 is 6.39 Å². The van der Waals surface area contributed by atoms with Gasteiger partial charge in [0, 0.05) is 12.4 Å². The van der Waals surface area contributed by atoms with Crippen LogP contribution in [0, 0.1) is 0 Å². The Morgan fingerprint density at radius 2 is 2.09 bits per heavy atom. The van der Waals surface area contributed by atoms with E-state index in [1.54, 1.807) is 12.7 Å². The molecule has 0 spiro atoms. The van der Waals surface area contributed by atoms with Crippen LogP contribution in [0.5, 0.6) is 0 Å². The zero-order valence-corrected chi connectivity index (χ0v) is 6.05. The minimum absolute atomic E-state index is 0.809. The number of hydrogen-bond acceptors (Lipinski definition) is 1. The average molecular weight is 149 g/mol. The molecule has 0 amide bonds. The number of nitrogens with zero attached hydrogens (tertiary/aromatic N) is 2. The fourth-order valence-electron chi connectivity index (χ4n) is 0.995. The summed E-state index contributed by atoms with van der Waals surface area (Å²) in [5, 5.41) is 0. The Morgan fingerprint density at radius 1 is 1.27 bits per heavy atom. The molecule has 0 aliphatic rings. The quantitative estimate of drug-likeness (QED) is 0.581. The van der Waals surface area contributed by atoms with Gasteiger partial charge in [-0.3, -0.25) is 4.57 Å². The van der Waals surface area contributed by atoms with E-state index in [0.29, 0.717) is 0 Å². The van der Waals surface area contributed by atoms with Crippen molar-refractivity contribution in [2.45, 2.75) is 6.67 Å². The van der Waals surface area contributed by atoms with Gasteiger partial charge in [0.2, 0.25) is 12.9 Å². The Hall–Kier alpha value is -1.51. The van der Waals surface area contributed by atoms with Crippen LogP contribution < -0.4 is 4.57 Å². The number of hydrogen-bond donors (Lipinski definition) is 0. The highest BCUT2D eigenvalue weighted by Gasteiger charge is 1.99. The summed E-state index contributed by atoms with van der Waals surface area (Å²) in [5.41, 5.74) is 0. The van der Waals surface area contributed by atoms with Gasteiger partial charge in [0.1, 0.15) is 0 Å². The molecular weight excluding hydrogens is 140 g/mol. The second kappa shape index (κ2) is 2.62. The van der Waals surface area contributed by atoms with Gasteiger partial charge in [0.25, 0.3) is 0 Å². The minimum Gasteiger partial charge on any atom is -0.412 e. The molecule has 2 aromatic rings. The van der Waals surface area contributed by atoms with Gasteiger partial charge in [0.05, 0.1) is 0 Å². The van der Waals surface area contributed by atoms with Crippen molar-refractivity contribution in [2.75, 3.05) is 0 Å². The summed E-state index contributed by atoms with van der Waals surface area (Å²) in [6.45, 7) is 0.809. The molecule has 0 saturated heterocycles. The predicted octanol–water partition coefficient (Wildman–Crippen LogP) is 0.874. The van der Waals surface area contributed by atoms with E-state index < -0.39 is 0 Å². The van der Waals surface area contributed by atoms with Gasteiger partial charge in [0.15, 0.2) is 6.26 Å². The van der Waals surface area contributed by atoms with E-state index in [1.165, 1.54) is 0 Å². The van der Waals surface area contributed by atoms with E-state index >= 15 is 0 Å². The molecule has 11 heavy (non-hydrogen) atoms. The standard InChI is InChI=1S/C8H9N2O/c1-2-4-9(3-1)7-10-5-6-11-8-10/h1-6,8H,7H2/q+1. The minimum atomic E-state index is 0.809. The van der Waals surface area contributed by atoms with Crippen molar-refractivity contribution in [3.8, 4) is 0 Å². The van der Waals surface area contributed by atoms with Gasteiger partial charge < -0.3 is 4.42 Å². The van der Waals surface area contributed by atoms with Gasteiger partial charge in [-0.25, -0.2) is 0 Å². The third-order valence-corrected chi connectivity index (χ3v) is 1.52. The third kappa shape index (κ3) is 1.32. The number of aromatic nitrogens is 2. The predicted molar refractivity (Wildman–Crippen MR) is 38.7 cm³/mol. The molecule has 0 saturated carbocycles. The normalized spacial score (nSPS) is 10.2. The highest BCUT2D eigenvalue weighted by Crippen LogP contribution is 1.87. The smallest absolute Gasteiger partial charge is 0.335 e. The van der Waals surface area contributed by atoms with Crippen molar-refractivity contribution in [1.29, 1.82) is 0 Å². The first-order valence-electron chi connectivity index (χ1n) is 3.47. The van der Waals surface area contributed by atoms with Crippen LogP contribution in [-0.4, -0.2) is 4.57 Å². The van der Waals surface area contributed by atoms with Gasteiger partial charge in [-0.05, 0) is 12.1 Å². The van der Waals surface area contributed by atoms with Crippen LogP contribution in [0.25, 0.3) is 0 Å². The van der Waals surface area contributed by atoms with Crippen molar-refractivity contribution < 1.29 is 8.98 Å². The van der Waals surface area contributed by atoms with Crippen molar-refractivity contribution in [3.63, 3.8) is 0 Å². The molecule has 0 aliphatic heterocycles. The van der Waals surface area contributed by atoms with Crippen LogP contribution >= 0.6 is 0 Å². The van der Waals surface area contributed by atoms with E-state index in [2.05, 4.69) is 4.57 Å². The van der Waals surface area contributed by atoms with Crippen LogP contribution in [0.3, 0.4) is 0 Å². The van der Waals surface area contributed by atoms with E-state index in [-0.39, 0.29) is 0 Å². The summed E-state index contributed by atoms with van der Waals surface area (Å²) in [4.78, 5) is 0. The van der Waals surface area contributed by atoms with Crippen molar-refractivity contribution >= 4 is 0 Å². The Kier molecular flexibility index (Phi) is 1.48. The first-order chi connectivity index (χ1) is 5.45. The molecular formula is C8H9N2O+. The number of rotatable bonds is 2.